The third-order valence-corrected chi connectivity index (χ3v) is 3.32. The first-order valence-corrected chi connectivity index (χ1v) is 7.40. The third kappa shape index (κ3) is 4.35. The zero-order chi connectivity index (χ0) is 15.1. The number of carbonyl (C=O) groups is 1. The minimum Gasteiger partial charge on any atom is -0.374 e. The Kier molecular flexibility index (Phi) is 5.38. The van der Waals surface area contributed by atoms with Crippen molar-refractivity contribution >= 4 is 11.6 Å². The number of nitrogens with one attached hydrogen (secondary N) is 2. The maximum atomic E-state index is 11.8. The van der Waals surface area contributed by atoms with Crippen LogP contribution in [0.25, 0.3) is 11.1 Å². The Balaban J connectivity index is 1.98. The van der Waals surface area contributed by atoms with Gasteiger partial charge >= 0.3 is 0 Å². The van der Waals surface area contributed by atoms with Gasteiger partial charge in [0, 0.05) is 12.2 Å². The van der Waals surface area contributed by atoms with Crippen molar-refractivity contribution in [3.8, 4) is 11.1 Å². The molecule has 3 nitrogen and oxygen atoms in total. The second kappa shape index (κ2) is 7.48. The topological polar surface area (TPSA) is 41.1 Å². The Morgan fingerprint density at radius 1 is 1.00 bits per heavy atom. The summed E-state index contributed by atoms with van der Waals surface area (Å²) in [5.74, 6) is 0.0315. The van der Waals surface area contributed by atoms with E-state index in [2.05, 4.69) is 34.9 Å². The normalized spacial score (nSPS) is 11.7. The van der Waals surface area contributed by atoms with E-state index in [0.29, 0.717) is 0 Å². The minimum atomic E-state index is -0.237. The lowest BCUT2D eigenvalue weighted by Crippen LogP contribution is -2.37. The first-order chi connectivity index (χ1) is 10.2. The Labute approximate surface area is 126 Å². The molecule has 0 aliphatic carbocycles. The number of anilines is 1. The Bertz CT molecular complexity index is 564. The smallest absolute Gasteiger partial charge is 0.242 e. The molecule has 3 heteroatoms. The molecule has 1 unspecified atom stereocenters. The molecular formula is C18H22N2O. The molecular weight excluding hydrogens is 260 g/mol. The zero-order valence-electron chi connectivity index (χ0n) is 12.6. The Morgan fingerprint density at radius 3 is 2.24 bits per heavy atom. The fourth-order valence-electron chi connectivity index (χ4n) is 2.11. The minimum absolute atomic E-state index is 0.0315. The fraction of sp³-hybridized carbons (Fsp3) is 0.278. The quantitative estimate of drug-likeness (QED) is 0.848. The summed E-state index contributed by atoms with van der Waals surface area (Å²) in [6, 6.07) is 18.1. The highest BCUT2D eigenvalue weighted by molar-refractivity contribution is 5.84. The predicted molar refractivity (Wildman–Crippen MR) is 88.3 cm³/mol. The van der Waals surface area contributed by atoms with E-state index in [0.717, 1.165) is 18.7 Å². The van der Waals surface area contributed by atoms with E-state index < -0.39 is 0 Å². The molecule has 1 amide bonds. The van der Waals surface area contributed by atoms with E-state index in [1.807, 2.05) is 44.2 Å². The number of rotatable bonds is 6. The van der Waals surface area contributed by atoms with Crippen LogP contribution in [0, 0.1) is 0 Å². The van der Waals surface area contributed by atoms with E-state index in [9.17, 15) is 4.79 Å². The SMILES string of the molecule is CCCNC(=O)C(C)Nc1ccc(-c2ccccc2)cc1. The maximum absolute atomic E-state index is 11.8. The van der Waals surface area contributed by atoms with Crippen molar-refractivity contribution < 1.29 is 4.79 Å². The second-order valence-corrected chi connectivity index (χ2v) is 5.10. The van der Waals surface area contributed by atoms with E-state index in [1.165, 1.54) is 11.1 Å². The average molecular weight is 282 g/mol. The molecule has 2 aromatic rings. The van der Waals surface area contributed by atoms with Crippen molar-refractivity contribution in [1.29, 1.82) is 0 Å². The summed E-state index contributed by atoms with van der Waals surface area (Å²) >= 11 is 0. The lowest BCUT2D eigenvalue weighted by molar-refractivity contribution is -0.121. The Hall–Kier alpha value is -2.29. The standard InChI is InChI=1S/C18H22N2O/c1-3-13-19-18(21)14(2)20-17-11-9-16(10-12-17)15-7-5-4-6-8-15/h4-12,14,20H,3,13H2,1-2H3,(H,19,21). The average Bonchev–Trinajstić information content (AvgIpc) is 2.54. The molecule has 2 N–H and O–H groups in total. The van der Waals surface area contributed by atoms with Gasteiger partial charge in [0.2, 0.25) is 5.91 Å². The van der Waals surface area contributed by atoms with Crippen LogP contribution < -0.4 is 10.6 Å². The summed E-state index contributed by atoms with van der Waals surface area (Å²) in [5.41, 5.74) is 3.32. The van der Waals surface area contributed by atoms with E-state index in [1.54, 1.807) is 0 Å². The van der Waals surface area contributed by atoms with Gasteiger partial charge in [-0.25, -0.2) is 0 Å². The van der Waals surface area contributed by atoms with Gasteiger partial charge in [0.1, 0.15) is 6.04 Å². The molecule has 0 aromatic heterocycles. The van der Waals surface area contributed by atoms with Crippen LogP contribution in [-0.4, -0.2) is 18.5 Å². The zero-order valence-corrected chi connectivity index (χ0v) is 12.6. The molecule has 0 saturated carbocycles. The summed E-state index contributed by atoms with van der Waals surface area (Å²) in [5, 5.41) is 6.11. The second-order valence-electron chi connectivity index (χ2n) is 5.10. The number of hydrogen-bond donors (Lipinski definition) is 2. The van der Waals surface area contributed by atoms with Gasteiger partial charge in [0.15, 0.2) is 0 Å². The molecule has 0 radical (unpaired) electrons. The van der Waals surface area contributed by atoms with Crippen LogP contribution in [0.5, 0.6) is 0 Å². The van der Waals surface area contributed by atoms with Crippen molar-refractivity contribution in [2.75, 3.05) is 11.9 Å². The van der Waals surface area contributed by atoms with E-state index >= 15 is 0 Å². The van der Waals surface area contributed by atoms with Crippen LogP contribution in [0.4, 0.5) is 5.69 Å². The monoisotopic (exact) mass is 282 g/mol. The van der Waals surface area contributed by atoms with Crippen LogP contribution in [-0.2, 0) is 4.79 Å². The molecule has 0 bridgehead atoms. The van der Waals surface area contributed by atoms with Gasteiger partial charge in [-0.05, 0) is 36.6 Å². The van der Waals surface area contributed by atoms with Gasteiger partial charge in [-0.2, -0.15) is 0 Å². The summed E-state index contributed by atoms with van der Waals surface area (Å²) in [6.45, 7) is 4.63. The largest absolute Gasteiger partial charge is 0.374 e. The predicted octanol–water partition coefficient (Wildman–Crippen LogP) is 3.68. The van der Waals surface area contributed by atoms with E-state index in [-0.39, 0.29) is 11.9 Å². The van der Waals surface area contributed by atoms with Crippen LogP contribution in [0.1, 0.15) is 20.3 Å². The van der Waals surface area contributed by atoms with Crippen LogP contribution in [0.15, 0.2) is 54.6 Å². The Morgan fingerprint density at radius 2 is 1.62 bits per heavy atom. The van der Waals surface area contributed by atoms with Gasteiger partial charge in [-0.1, -0.05) is 49.4 Å². The number of hydrogen-bond acceptors (Lipinski definition) is 2. The van der Waals surface area contributed by atoms with Crippen LogP contribution in [0.2, 0.25) is 0 Å². The number of amides is 1. The molecule has 0 aliphatic rings. The van der Waals surface area contributed by atoms with Gasteiger partial charge in [-0.15, -0.1) is 0 Å². The molecule has 21 heavy (non-hydrogen) atoms. The molecule has 1 atom stereocenters. The maximum Gasteiger partial charge on any atom is 0.242 e. The highest BCUT2D eigenvalue weighted by Gasteiger charge is 2.11. The van der Waals surface area contributed by atoms with Gasteiger partial charge in [0.05, 0.1) is 0 Å². The van der Waals surface area contributed by atoms with Crippen molar-refractivity contribution in [1.82, 2.24) is 5.32 Å². The van der Waals surface area contributed by atoms with Gasteiger partial charge in [0.25, 0.3) is 0 Å². The van der Waals surface area contributed by atoms with Gasteiger partial charge in [-0.3, -0.25) is 4.79 Å². The fourth-order valence-corrected chi connectivity index (χ4v) is 2.11. The molecule has 0 aliphatic heterocycles. The van der Waals surface area contributed by atoms with Crippen molar-refractivity contribution in [3.05, 3.63) is 54.6 Å². The highest BCUT2D eigenvalue weighted by atomic mass is 16.2. The van der Waals surface area contributed by atoms with Crippen LogP contribution >= 0.6 is 0 Å². The summed E-state index contributed by atoms with van der Waals surface area (Å²) in [7, 11) is 0. The van der Waals surface area contributed by atoms with Crippen LogP contribution in [0.3, 0.4) is 0 Å². The van der Waals surface area contributed by atoms with E-state index in [4.69, 9.17) is 0 Å². The third-order valence-electron chi connectivity index (χ3n) is 3.32. The van der Waals surface area contributed by atoms with Crippen molar-refractivity contribution in [2.24, 2.45) is 0 Å². The summed E-state index contributed by atoms with van der Waals surface area (Å²) in [6.07, 6.45) is 0.949. The van der Waals surface area contributed by atoms with Crippen molar-refractivity contribution in [3.63, 3.8) is 0 Å². The molecule has 2 rings (SSSR count). The van der Waals surface area contributed by atoms with Crippen molar-refractivity contribution in [2.45, 2.75) is 26.3 Å². The number of benzene rings is 2. The lowest BCUT2D eigenvalue weighted by Gasteiger charge is -2.15. The first kappa shape index (κ1) is 15.1. The molecule has 0 spiro atoms. The molecule has 0 fully saturated rings. The number of carbonyl (C=O) groups excluding carboxylic acids is 1. The highest BCUT2D eigenvalue weighted by Crippen LogP contribution is 2.21. The molecule has 2 aromatic carbocycles. The molecule has 110 valence electrons. The van der Waals surface area contributed by atoms with Gasteiger partial charge < -0.3 is 10.6 Å². The first-order valence-electron chi connectivity index (χ1n) is 7.40. The molecule has 0 saturated heterocycles. The molecule has 0 heterocycles. The summed E-state index contributed by atoms with van der Waals surface area (Å²) in [4.78, 5) is 11.8. The summed E-state index contributed by atoms with van der Waals surface area (Å²) < 4.78 is 0. The lowest BCUT2D eigenvalue weighted by atomic mass is 10.1.